The molecule has 142 valence electrons. The number of nitrogens with zero attached hydrogens (tertiary/aromatic N) is 1. The Hall–Kier alpha value is -1.80. The number of allylic oxidation sites excluding steroid dienone is 2. The monoisotopic (exact) mass is 386 g/mol. The summed E-state index contributed by atoms with van der Waals surface area (Å²) in [6.45, 7) is -0.453. The van der Waals surface area contributed by atoms with Crippen LogP contribution in [0.15, 0.2) is 53.8 Å². The minimum absolute atomic E-state index is 0.205. The highest BCUT2D eigenvalue weighted by Crippen LogP contribution is 2.31. The molecule has 1 aliphatic carbocycles. The van der Waals surface area contributed by atoms with Crippen LogP contribution in [0.5, 0.6) is 0 Å². The third-order valence-electron chi connectivity index (χ3n) is 4.64. The smallest absolute Gasteiger partial charge is 0.381 e. The van der Waals surface area contributed by atoms with Gasteiger partial charge in [-0.3, -0.25) is 0 Å². The van der Waals surface area contributed by atoms with Gasteiger partial charge in [0.05, 0.1) is 0 Å². The van der Waals surface area contributed by atoms with Crippen LogP contribution in [-0.2, 0) is 16.4 Å². The number of halogens is 3. The Kier molecular flexibility index (Phi) is 5.43. The summed E-state index contributed by atoms with van der Waals surface area (Å²) in [4.78, 5) is 0. The number of rotatable bonds is 4. The van der Waals surface area contributed by atoms with Gasteiger partial charge in [0.25, 0.3) is 0 Å². The molecule has 0 unspecified atom stereocenters. The van der Waals surface area contributed by atoms with E-state index in [1.54, 1.807) is 0 Å². The highest BCUT2D eigenvalue weighted by atomic mass is 32.2. The normalized spacial score (nSPS) is 21.9. The van der Waals surface area contributed by atoms with Crippen LogP contribution in [-0.4, -0.2) is 37.4 Å². The average molecular weight is 386 g/mol. The van der Waals surface area contributed by atoms with Gasteiger partial charge in [-0.2, -0.15) is 17.5 Å². The SMILES string of the molecule is O=S(=O)(N1CC2=CCCC=C2N[C@@H](CCc2ccccc2)C1)C(F)(F)F. The van der Waals surface area contributed by atoms with Crippen molar-refractivity contribution in [2.75, 3.05) is 13.1 Å². The van der Waals surface area contributed by atoms with Gasteiger partial charge in [-0.15, -0.1) is 0 Å². The average Bonchev–Trinajstić information content (AvgIpc) is 2.79. The van der Waals surface area contributed by atoms with E-state index < -0.39 is 15.5 Å². The molecule has 1 heterocycles. The number of hydrogen-bond acceptors (Lipinski definition) is 3. The van der Waals surface area contributed by atoms with E-state index in [0.717, 1.165) is 17.7 Å². The fourth-order valence-electron chi connectivity index (χ4n) is 3.27. The number of benzene rings is 1. The largest absolute Gasteiger partial charge is 0.511 e. The molecule has 1 aliphatic heterocycles. The van der Waals surface area contributed by atoms with Crippen molar-refractivity contribution < 1.29 is 21.6 Å². The minimum atomic E-state index is -5.36. The topological polar surface area (TPSA) is 49.4 Å². The van der Waals surface area contributed by atoms with Gasteiger partial charge >= 0.3 is 15.5 Å². The maximum Gasteiger partial charge on any atom is 0.511 e. The summed E-state index contributed by atoms with van der Waals surface area (Å²) in [5, 5.41) is 3.26. The first-order valence-electron chi connectivity index (χ1n) is 8.54. The molecule has 0 spiro atoms. The molecule has 0 aromatic heterocycles. The van der Waals surface area contributed by atoms with E-state index in [0.29, 0.717) is 29.1 Å². The number of hydrogen-bond donors (Lipinski definition) is 1. The second-order valence-electron chi connectivity index (χ2n) is 6.53. The van der Waals surface area contributed by atoms with Crippen LogP contribution >= 0.6 is 0 Å². The van der Waals surface area contributed by atoms with Crippen molar-refractivity contribution in [1.29, 1.82) is 0 Å². The molecule has 0 bridgehead atoms. The lowest BCUT2D eigenvalue weighted by molar-refractivity contribution is -0.0487. The van der Waals surface area contributed by atoms with Gasteiger partial charge in [0, 0.05) is 24.8 Å². The third-order valence-corrected chi connectivity index (χ3v) is 6.18. The number of sulfonamides is 1. The Morgan fingerprint density at radius 1 is 1.12 bits per heavy atom. The highest BCUT2D eigenvalue weighted by Gasteiger charge is 2.51. The first kappa shape index (κ1) is 19.0. The molecule has 8 heteroatoms. The molecule has 0 amide bonds. The van der Waals surface area contributed by atoms with E-state index in [1.807, 2.05) is 42.5 Å². The highest BCUT2D eigenvalue weighted by molar-refractivity contribution is 7.90. The molecule has 1 atom stereocenters. The van der Waals surface area contributed by atoms with E-state index in [4.69, 9.17) is 0 Å². The van der Waals surface area contributed by atoms with Gasteiger partial charge in [0.1, 0.15) is 0 Å². The zero-order valence-corrected chi connectivity index (χ0v) is 15.0. The lowest BCUT2D eigenvalue weighted by atomic mass is 10.0. The van der Waals surface area contributed by atoms with Crippen molar-refractivity contribution in [1.82, 2.24) is 9.62 Å². The zero-order valence-electron chi connectivity index (χ0n) is 14.2. The fraction of sp³-hybridized carbons (Fsp3) is 0.444. The maximum atomic E-state index is 13.1. The van der Waals surface area contributed by atoms with Gasteiger partial charge in [-0.1, -0.05) is 42.5 Å². The van der Waals surface area contributed by atoms with Crippen LogP contribution in [0.3, 0.4) is 0 Å². The van der Waals surface area contributed by atoms with E-state index in [2.05, 4.69) is 5.32 Å². The van der Waals surface area contributed by atoms with Crippen LogP contribution < -0.4 is 5.32 Å². The van der Waals surface area contributed by atoms with Gasteiger partial charge in [-0.25, -0.2) is 8.42 Å². The maximum absolute atomic E-state index is 13.1. The Labute approximate surface area is 151 Å². The first-order chi connectivity index (χ1) is 12.3. The second-order valence-corrected chi connectivity index (χ2v) is 8.46. The minimum Gasteiger partial charge on any atom is -0.381 e. The molecule has 0 radical (unpaired) electrons. The summed E-state index contributed by atoms with van der Waals surface area (Å²) in [6, 6.07) is 9.22. The number of fused-ring (bicyclic) bond motifs is 1. The Balaban J connectivity index is 1.83. The summed E-state index contributed by atoms with van der Waals surface area (Å²) in [7, 11) is -5.36. The summed E-state index contributed by atoms with van der Waals surface area (Å²) in [6.07, 6.45) is 6.46. The molecular weight excluding hydrogens is 365 g/mol. The third kappa shape index (κ3) is 4.12. The Bertz CT molecular complexity index is 801. The molecule has 1 aromatic carbocycles. The summed E-state index contributed by atoms with van der Waals surface area (Å²) >= 11 is 0. The number of alkyl halides is 3. The summed E-state index contributed by atoms with van der Waals surface area (Å²) in [5.41, 5.74) is -2.85. The van der Waals surface area contributed by atoms with Crippen LogP contribution in [0.1, 0.15) is 24.8 Å². The first-order valence-corrected chi connectivity index (χ1v) is 9.98. The molecule has 4 nitrogen and oxygen atoms in total. The van der Waals surface area contributed by atoms with E-state index >= 15 is 0 Å². The van der Waals surface area contributed by atoms with Crippen molar-refractivity contribution in [3.63, 3.8) is 0 Å². The Morgan fingerprint density at radius 2 is 1.81 bits per heavy atom. The fourth-order valence-corrected chi connectivity index (χ4v) is 4.25. The van der Waals surface area contributed by atoms with Crippen LogP contribution in [0.25, 0.3) is 0 Å². The lowest BCUT2D eigenvalue weighted by Gasteiger charge is -2.24. The molecule has 26 heavy (non-hydrogen) atoms. The summed E-state index contributed by atoms with van der Waals surface area (Å²) in [5.74, 6) is 0. The molecule has 1 fully saturated rings. The molecular formula is C18H21F3N2O2S. The molecule has 1 aromatic rings. The predicted molar refractivity (Wildman–Crippen MR) is 93.6 cm³/mol. The van der Waals surface area contributed by atoms with Crippen LogP contribution in [0, 0.1) is 0 Å². The van der Waals surface area contributed by atoms with Crippen molar-refractivity contribution in [2.24, 2.45) is 0 Å². The van der Waals surface area contributed by atoms with Crippen molar-refractivity contribution in [3.05, 3.63) is 59.3 Å². The standard InChI is InChI=1S/C18H21F3N2O2S/c19-18(20,21)26(24,25)23-12-15-8-4-5-9-17(15)22-16(13-23)11-10-14-6-2-1-3-7-14/h1-3,6-9,16,22H,4-5,10-13H2/t16-/m0/s1. The number of aryl methyl sites for hydroxylation is 1. The van der Waals surface area contributed by atoms with Crippen molar-refractivity contribution in [2.45, 2.75) is 37.2 Å². The van der Waals surface area contributed by atoms with Crippen molar-refractivity contribution in [3.8, 4) is 0 Å². The molecule has 2 aliphatic rings. The van der Waals surface area contributed by atoms with Crippen LogP contribution in [0.2, 0.25) is 0 Å². The number of nitrogens with one attached hydrogen (secondary N) is 1. The zero-order chi connectivity index (χ0) is 18.8. The van der Waals surface area contributed by atoms with Crippen molar-refractivity contribution >= 4 is 10.0 Å². The molecule has 0 saturated carbocycles. The van der Waals surface area contributed by atoms with Gasteiger partial charge < -0.3 is 5.32 Å². The second kappa shape index (κ2) is 7.44. The lowest BCUT2D eigenvalue weighted by Crippen LogP contribution is -2.45. The van der Waals surface area contributed by atoms with E-state index in [1.165, 1.54) is 0 Å². The molecule has 1 saturated heterocycles. The predicted octanol–water partition coefficient (Wildman–Crippen LogP) is 3.35. The quantitative estimate of drug-likeness (QED) is 0.864. The van der Waals surface area contributed by atoms with Gasteiger partial charge in [0.15, 0.2) is 0 Å². The van der Waals surface area contributed by atoms with E-state index in [9.17, 15) is 21.6 Å². The van der Waals surface area contributed by atoms with E-state index in [-0.39, 0.29) is 19.1 Å². The molecule has 3 rings (SSSR count). The van der Waals surface area contributed by atoms with Gasteiger partial charge in [0.2, 0.25) is 0 Å². The van der Waals surface area contributed by atoms with Crippen LogP contribution in [0.4, 0.5) is 13.2 Å². The molecule has 1 N–H and O–H groups in total. The van der Waals surface area contributed by atoms with Gasteiger partial charge in [-0.05, 0) is 36.8 Å². The summed E-state index contributed by atoms with van der Waals surface area (Å²) < 4.78 is 63.7. The Morgan fingerprint density at radius 3 is 2.50 bits per heavy atom.